The highest BCUT2D eigenvalue weighted by Crippen LogP contribution is 2.36. The van der Waals surface area contributed by atoms with E-state index in [0.717, 1.165) is 38.0 Å². The molecule has 1 aromatic carbocycles. The molecule has 0 spiro atoms. The van der Waals surface area contributed by atoms with Crippen molar-refractivity contribution in [3.8, 4) is 11.5 Å². The molecule has 0 unspecified atom stereocenters. The van der Waals surface area contributed by atoms with Crippen LogP contribution in [0, 0.1) is 0 Å². The number of benzene rings is 1. The second-order valence-corrected chi connectivity index (χ2v) is 5.56. The summed E-state index contributed by atoms with van der Waals surface area (Å²) in [4.78, 5) is 2.40. The SMILES string of the molecule is CCOc1c(Cl)cc(CN2CCC(N)CC2)cc1OC. The highest BCUT2D eigenvalue weighted by molar-refractivity contribution is 6.32. The zero-order valence-electron chi connectivity index (χ0n) is 12.2. The average Bonchev–Trinajstić information content (AvgIpc) is 2.44. The van der Waals surface area contributed by atoms with E-state index in [1.165, 1.54) is 0 Å². The molecule has 0 aliphatic carbocycles. The van der Waals surface area contributed by atoms with Gasteiger partial charge in [0.05, 0.1) is 18.7 Å². The minimum absolute atomic E-state index is 0.352. The Morgan fingerprint density at radius 1 is 1.35 bits per heavy atom. The summed E-state index contributed by atoms with van der Waals surface area (Å²) >= 11 is 6.29. The number of piperidine rings is 1. The van der Waals surface area contributed by atoms with E-state index in [1.54, 1.807) is 7.11 Å². The molecule has 1 fully saturated rings. The number of rotatable bonds is 5. The fourth-order valence-corrected chi connectivity index (χ4v) is 2.81. The Morgan fingerprint density at radius 2 is 2.05 bits per heavy atom. The predicted molar refractivity (Wildman–Crippen MR) is 81.7 cm³/mol. The van der Waals surface area contributed by atoms with Gasteiger partial charge in [-0.25, -0.2) is 0 Å². The lowest BCUT2D eigenvalue weighted by Gasteiger charge is -2.30. The maximum Gasteiger partial charge on any atom is 0.179 e. The number of hydrogen-bond donors (Lipinski definition) is 1. The Labute approximate surface area is 125 Å². The van der Waals surface area contributed by atoms with Gasteiger partial charge in [0.15, 0.2) is 11.5 Å². The van der Waals surface area contributed by atoms with Gasteiger partial charge in [0.25, 0.3) is 0 Å². The third-order valence-electron chi connectivity index (χ3n) is 3.62. The third-order valence-corrected chi connectivity index (χ3v) is 3.90. The predicted octanol–water partition coefficient (Wildman–Crippen LogP) is 2.67. The lowest BCUT2D eigenvalue weighted by atomic mass is 10.1. The molecule has 0 radical (unpaired) electrons. The molecule has 1 heterocycles. The molecule has 4 nitrogen and oxygen atoms in total. The van der Waals surface area contributed by atoms with Crippen LogP contribution in [-0.2, 0) is 6.54 Å². The Morgan fingerprint density at radius 3 is 2.65 bits per heavy atom. The van der Waals surface area contributed by atoms with E-state index in [9.17, 15) is 0 Å². The fourth-order valence-electron chi connectivity index (χ4n) is 2.52. The van der Waals surface area contributed by atoms with E-state index in [4.69, 9.17) is 26.8 Å². The van der Waals surface area contributed by atoms with Crippen LogP contribution in [0.25, 0.3) is 0 Å². The van der Waals surface area contributed by atoms with Gasteiger partial charge < -0.3 is 15.2 Å². The zero-order chi connectivity index (χ0) is 14.5. The Balaban J connectivity index is 2.10. The molecule has 0 saturated carbocycles. The van der Waals surface area contributed by atoms with Crippen molar-refractivity contribution in [2.45, 2.75) is 32.4 Å². The first kappa shape index (κ1) is 15.4. The first-order valence-electron chi connectivity index (χ1n) is 7.11. The van der Waals surface area contributed by atoms with E-state index < -0.39 is 0 Å². The van der Waals surface area contributed by atoms with Gasteiger partial charge in [0, 0.05) is 12.6 Å². The van der Waals surface area contributed by atoms with Gasteiger partial charge in [-0.2, -0.15) is 0 Å². The van der Waals surface area contributed by atoms with Gasteiger partial charge >= 0.3 is 0 Å². The van der Waals surface area contributed by atoms with Crippen LogP contribution in [0.4, 0.5) is 0 Å². The summed E-state index contributed by atoms with van der Waals surface area (Å²) in [6.07, 6.45) is 2.11. The van der Waals surface area contributed by atoms with Crippen LogP contribution in [0.15, 0.2) is 12.1 Å². The van der Waals surface area contributed by atoms with Crippen molar-refractivity contribution in [1.29, 1.82) is 0 Å². The summed E-state index contributed by atoms with van der Waals surface area (Å²) in [6.45, 7) is 5.44. The molecule has 20 heavy (non-hydrogen) atoms. The smallest absolute Gasteiger partial charge is 0.179 e. The van der Waals surface area contributed by atoms with Crippen molar-refractivity contribution in [2.75, 3.05) is 26.8 Å². The van der Waals surface area contributed by atoms with Crippen molar-refractivity contribution in [3.05, 3.63) is 22.7 Å². The Kier molecular flexibility index (Phi) is 5.52. The minimum Gasteiger partial charge on any atom is -0.493 e. The number of hydrogen-bond acceptors (Lipinski definition) is 4. The summed E-state index contributed by atoms with van der Waals surface area (Å²) in [5, 5.41) is 0.606. The molecular formula is C15H23ClN2O2. The van der Waals surface area contributed by atoms with Crippen molar-refractivity contribution < 1.29 is 9.47 Å². The average molecular weight is 299 g/mol. The van der Waals surface area contributed by atoms with Gasteiger partial charge in [-0.1, -0.05) is 11.6 Å². The third kappa shape index (κ3) is 3.78. The van der Waals surface area contributed by atoms with Crippen LogP contribution < -0.4 is 15.2 Å². The van der Waals surface area contributed by atoms with E-state index in [1.807, 2.05) is 19.1 Å². The second-order valence-electron chi connectivity index (χ2n) is 5.16. The molecule has 1 aromatic rings. The van der Waals surface area contributed by atoms with Crippen molar-refractivity contribution in [2.24, 2.45) is 5.73 Å². The molecule has 0 bridgehead atoms. The van der Waals surface area contributed by atoms with Gasteiger partial charge in [0.1, 0.15) is 0 Å². The largest absolute Gasteiger partial charge is 0.493 e. The topological polar surface area (TPSA) is 47.7 Å². The highest BCUT2D eigenvalue weighted by atomic mass is 35.5. The Hall–Kier alpha value is -0.970. The number of methoxy groups -OCH3 is 1. The number of nitrogens with two attached hydrogens (primary N) is 1. The molecule has 0 amide bonds. The summed E-state index contributed by atoms with van der Waals surface area (Å²) in [5.41, 5.74) is 7.07. The van der Waals surface area contributed by atoms with Gasteiger partial charge in [-0.15, -0.1) is 0 Å². The first-order valence-corrected chi connectivity index (χ1v) is 7.49. The lowest BCUT2D eigenvalue weighted by molar-refractivity contribution is 0.205. The van der Waals surface area contributed by atoms with E-state index in [0.29, 0.717) is 29.2 Å². The molecule has 2 N–H and O–H groups in total. The second kappa shape index (κ2) is 7.16. The molecule has 1 aliphatic rings. The highest BCUT2D eigenvalue weighted by Gasteiger charge is 2.18. The molecule has 1 aliphatic heterocycles. The maximum atomic E-state index is 6.29. The van der Waals surface area contributed by atoms with Gasteiger partial charge in [0.2, 0.25) is 0 Å². The molecule has 2 rings (SSSR count). The minimum atomic E-state index is 0.352. The molecular weight excluding hydrogens is 276 g/mol. The maximum absolute atomic E-state index is 6.29. The van der Waals surface area contributed by atoms with Crippen LogP contribution in [0.2, 0.25) is 5.02 Å². The molecule has 5 heteroatoms. The number of nitrogens with zero attached hydrogens (tertiary/aromatic N) is 1. The number of ether oxygens (including phenoxy) is 2. The summed E-state index contributed by atoms with van der Waals surface area (Å²) < 4.78 is 10.9. The summed E-state index contributed by atoms with van der Waals surface area (Å²) in [7, 11) is 1.64. The van der Waals surface area contributed by atoms with Crippen LogP contribution in [0.1, 0.15) is 25.3 Å². The standard InChI is InChI=1S/C15H23ClN2O2/c1-3-20-15-13(16)8-11(9-14(15)19-2)10-18-6-4-12(17)5-7-18/h8-9,12H,3-7,10,17H2,1-2H3. The quantitative estimate of drug-likeness (QED) is 0.908. The zero-order valence-corrected chi connectivity index (χ0v) is 12.9. The normalized spacial score (nSPS) is 17.2. The van der Waals surface area contributed by atoms with E-state index in [2.05, 4.69) is 4.90 Å². The van der Waals surface area contributed by atoms with Crippen molar-refractivity contribution >= 4 is 11.6 Å². The van der Waals surface area contributed by atoms with Crippen molar-refractivity contribution in [1.82, 2.24) is 4.90 Å². The van der Waals surface area contributed by atoms with E-state index >= 15 is 0 Å². The van der Waals surface area contributed by atoms with Crippen LogP contribution >= 0.6 is 11.6 Å². The summed E-state index contributed by atoms with van der Waals surface area (Å²) in [5.74, 6) is 1.32. The summed E-state index contributed by atoms with van der Waals surface area (Å²) in [6, 6.07) is 4.32. The monoisotopic (exact) mass is 298 g/mol. The molecule has 0 aromatic heterocycles. The van der Waals surface area contributed by atoms with Crippen LogP contribution in [-0.4, -0.2) is 37.7 Å². The lowest BCUT2D eigenvalue weighted by Crippen LogP contribution is -2.39. The van der Waals surface area contributed by atoms with Crippen molar-refractivity contribution in [3.63, 3.8) is 0 Å². The number of halogens is 1. The van der Waals surface area contributed by atoms with E-state index in [-0.39, 0.29) is 0 Å². The van der Waals surface area contributed by atoms with Gasteiger partial charge in [-0.3, -0.25) is 4.90 Å². The van der Waals surface area contributed by atoms with Crippen LogP contribution in [0.3, 0.4) is 0 Å². The number of likely N-dealkylation sites (tertiary alicyclic amines) is 1. The molecule has 1 saturated heterocycles. The fraction of sp³-hybridized carbons (Fsp3) is 0.600. The van der Waals surface area contributed by atoms with Gasteiger partial charge in [-0.05, 0) is 50.6 Å². The molecule has 0 atom stereocenters. The van der Waals surface area contributed by atoms with Crippen LogP contribution in [0.5, 0.6) is 11.5 Å². The Bertz CT molecular complexity index is 446. The molecule has 112 valence electrons. The first-order chi connectivity index (χ1) is 9.63.